The highest BCUT2D eigenvalue weighted by Gasteiger charge is 2.29. The monoisotopic (exact) mass is 276 g/mol. The minimum Gasteiger partial charge on any atom is -0.394 e. The van der Waals surface area contributed by atoms with E-state index >= 15 is 0 Å². The molecule has 0 spiro atoms. The number of primary amides is 1. The number of rotatable bonds is 6. The van der Waals surface area contributed by atoms with Gasteiger partial charge in [-0.05, 0) is 31.4 Å². The van der Waals surface area contributed by atoms with Crippen LogP contribution in [0.1, 0.15) is 43.7 Å². The Bertz CT molecular complexity index is 422. The summed E-state index contributed by atoms with van der Waals surface area (Å²) in [7, 11) is 0. The number of carbonyl (C=O) groups excluding carboxylic acids is 1. The molecule has 0 aliphatic carbocycles. The van der Waals surface area contributed by atoms with E-state index in [-0.39, 0.29) is 18.6 Å². The van der Waals surface area contributed by atoms with Gasteiger partial charge in [0.05, 0.1) is 12.6 Å². The van der Waals surface area contributed by atoms with E-state index in [1.807, 2.05) is 18.2 Å². The van der Waals surface area contributed by atoms with E-state index in [9.17, 15) is 9.90 Å². The number of aliphatic hydroxyl groups is 1. The van der Waals surface area contributed by atoms with Crippen molar-refractivity contribution in [1.82, 2.24) is 4.90 Å². The fourth-order valence-electron chi connectivity index (χ4n) is 3.13. The van der Waals surface area contributed by atoms with Crippen molar-refractivity contribution in [3.05, 3.63) is 35.9 Å². The smallest absolute Gasteiger partial charge is 0.217 e. The summed E-state index contributed by atoms with van der Waals surface area (Å²) in [6.45, 7) is 1.08. The molecule has 1 aliphatic heterocycles. The SMILES string of the molecule is NC(=O)CC[C@@H]1CCCCN1[C@@H](CO)c1ccccc1. The zero-order valence-electron chi connectivity index (χ0n) is 11.9. The van der Waals surface area contributed by atoms with E-state index in [1.54, 1.807) is 0 Å². The largest absolute Gasteiger partial charge is 0.394 e. The van der Waals surface area contributed by atoms with Crippen LogP contribution >= 0.6 is 0 Å². The molecule has 0 aromatic heterocycles. The molecule has 2 atom stereocenters. The van der Waals surface area contributed by atoms with E-state index < -0.39 is 0 Å². The number of hydrogen-bond acceptors (Lipinski definition) is 3. The predicted octanol–water partition coefficient (Wildman–Crippen LogP) is 1.84. The third kappa shape index (κ3) is 3.81. The number of likely N-dealkylation sites (tertiary alicyclic amines) is 1. The standard InChI is InChI=1S/C16H24N2O2/c17-16(20)10-9-14-8-4-5-11-18(14)15(12-19)13-6-2-1-3-7-13/h1-3,6-7,14-15,19H,4-5,8-12H2,(H2,17,20)/t14-,15-/m0/s1. The summed E-state index contributed by atoms with van der Waals surface area (Å²) in [6.07, 6.45) is 4.63. The topological polar surface area (TPSA) is 66.6 Å². The third-order valence-corrected chi connectivity index (χ3v) is 4.15. The maximum absolute atomic E-state index is 11.0. The molecule has 0 saturated carbocycles. The van der Waals surface area contributed by atoms with Crippen LogP contribution in [0.3, 0.4) is 0 Å². The van der Waals surface area contributed by atoms with Crippen molar-refractivity contribution >= 4 is 5.91 Å². The van der Waals surface area contributed by atoms with Gasteiger partial charge in [-0.3, -0.25) is 9.69 Å². The van der Waals surface area contributed by atoms with Crippen LogP contribution in [0.2, 0.25) is 0 Å². The van der Waals surface area contributed by atoms with E-state index in [0.717, 1.165) is 31.4 Å². The van der Waals surface area contributed by atoms with Gasteiger partial charge in [0.1, 0.15) is 0 Å². The first kappa shape index (κ1) is 15.0. The van der Waals surface area contributed by atoms with Gasteiger partial charge in [-0.15, -0.1) is 0 Å². The Kier molecular flexibility index (Phi) is 5.56. The Morgan fingerprint density at radius 3 is 2.75 bits per heavy atom. The van der Waals surface area contributed by atoms with E-state index in [0.29, 0.717) is 12.5 Å². The second-order valence-corrected chi connectivity index (χ2v) is 5.50. The Morgan fingerprint density at radius 1 is 1.35 bits per heavy atom. The number of aliphatic hydroxyl groups excluding tert-OH is 1. The van der Waals surface area contributed by atoms with Crippen molar-refractivity contribution in [2.24, 2.45) is 5.73 Å². The third-order valence-electron chi connectivity index (χ3n) is 4.15. The Balaban J connectivity index is 2.10. The van der Waals surface area contributed by atoms with Crippen LogP contribution in [-0.4, -0.2) is 35.1 Å². The number of nitrogens with two attached hydrogens (primary N) is 1. The molecular weight excluding hydrogens is 252 g/mol. The lowest BCUT2D eigenvalue weighted by Gasteiger charge is -2.41. The van der Waals surface area contributed by atoms with Crippen LogP contribution in [0.4, 0.5) is 0 Å². The van der Waals surface area contributed by atoms with Crippen molar-refractivity contribution in [2.75, 3.05) is 13.2 Å². The molecule has 110 valence electrons. The molecule has 0 unspecified atom stereocenters. The lowest BCUT2D eigenvalue weighted by atomic mass is 9.93. The molecular formula is C16H24N2O2. The maximum atomic E-state index is 11.0. The second kappa shape index (κ2) is 7.41. The molecule has 2 rings (SSSR count). The quantitative estimate of drug-likeness (QED) is 0.833. The van der Waals surface area contributed by atoms with Gasteiger partial charge in [-0.2, -0.15) is 0 Å². The van der Waals surface area contributed by atoms with Crippen molar-refractivity contribution in [1.29, 1.82) is 0 Å². The van der Waals surface area contributed by atoms with Crippen LogP contribution < -0.4 is 5.73 Å². The van der Waals surface area contributed by atoms with Gasteiger partial charge in [0.2, 0.25) is 5.91 Å². The molecule has 0 radical (unpaired) electrons. The van der Waals surface area contributed by atoms with Gasteiger partial charge in [0.25, 0.3) is 0 Å². The molecule has 3 N–H and O–H groups in total. The highest BCUT2D eigenvalue weighted by atomic mass is 16.3. The fraction of sp³-hybridized carbons (Fsp3) is 0.562. The molecule has 1 fully saturated rings. The van der Waals surface area contributed by atoms with Crippen molar-refractivity contribution in [3.8, 4) is 0 Å². The van der Waals surface area contributed by atoms with Crippen LogP contribution in [0.25, 0.3) is 0 Å². The Labute approximate surface area is 120 Å². The summed E-state index contributed by atoms with van der Waals surface area (Å²) in [6, 6.07) is 10.5. The molecule has 1 amide bonds. The van der Waals surface area contributed by atoms with E-state index in [2.05, 4.69) is 17.0 Å². The van der Waals surface area contributed by atoms with Gasteiger partial charge in [-0.1, -0.05) is 36.8 Å². The zero-order chi connectivity index (χ0) is 14.4. The number of piperidine rings is 1. The molecule has 4 nitrogen and oxygen atoms in total. The second-order valence-electron chi connectivity index (χ2n) is 5.50. The average molecular weight is 276 g/mol. The first-order valence-electron chi connectivity index (χ1n) is 7.42. The van der Waals surface area contributed by atoms with Gasteiger partial charge in [0, 0.05) is 12.5 Å². The zero-order valence-corrected chi connectivity index (χ0v) is 11.9. The average Bonchev–Trinajstić information content (AvgIpc) is 2.48. The number of nitrogens with zero attached hydrogens (tertiary/aromatic N) is 1. The highest BCUT2D eigenvalue weighted by molar-refractivity contribution is 5.73. The summed E-state index contributed by atoms with van der Waals surface area (Å²) in [4.78, 5) is 13.4. The van der Waals surface area contributed by atoms with Crippen LogP contribution in [-0.2, 0) is 4.79 Å². The molecule has 1 aromatic carbocycles. The van der Waals surface area contributed by atoms with Crippen LogP contribution in [0.5, 0.6) is 0 Å². The van der Waals surface area contributed by atoms with Crippen molar-refractivity contribution < 1.29 is 9.90 Å². The predicted molar refractivity (Wildman–Crippen MR) is 79.0 cm³/mol. The molecule has 0 bridgehead atoms. The summed E-state index contributed by atoms with van der Waals surface area (Å²) in [5.74, 6) is -0.240. The molecule has 1 saturated heterocycles. The van der Waals surface area contributed by atoms with Gasteiger partial charge in [0.15, 0.2) is 0 Å². The Morgan fingerprint density at radius 2 is 2.10 bits per heavy atom. The number of hydrogen-bond donors (Lipinski definition) is 2. The van der Waals surface area contributed by atoms with Gasteiger partial charge < -0.3 is 10.8 Å². The molecule has 1 aliphatic rings. The van der Waals surface area contributed by atoms with Gasteiger partial charge in [-0.25, -0.2) is 0 Å². The Hall–Kier alpha value is -1.39. The molecule has 20 heavy (non-hydrogen) atoms. The minimum absolute atomic E-state index is 0.0226. The van der Waals surface area contributed by atoms with Crippen LogP contribution in [0, 0.1) is 0 Å². The summed E-state index contributed by atoms with van der Waals surface area (Å²) < 4.78 is 0. The van der Waals surface area contributed by atoms with Crippen molar-refractivity contribution in [2.45, 2.75) is 44.2 Å². The number of benzene rings is 1. The molecule has 1 heterocycles. The molecule has 4 heteroatoms. The highest BCUT2D eigenvalue weighted by Crippen LogP contribution is 2.30. The van der Waals surface area contributed by atoms with E-state index in [4.69, 9.17) is 5.73 Å². The maximum Gasteiger partial charge on any atom is 0.217 e. The number of carbonyl (C=O) groups is 1. The fourth-order valence-corrected chi connectivity index (χ4v) is 3.13. The summed E-state index contributed by atoms with van der Waals surface area (Å²) in [5.41, 5.74) is 6.41. The lowest BCUT2D eigenvalue weighted by molar-refractivity contribution is -0.118. The first-order chi connectivity index (χ1) is 9.72. The number of amides is 1. The molecule has 1 aromatic rings. The lowest BCUT2D eigenvalue weighted by Crippen LogP contribution is -2.43. The summed E-state index contributed by atoms with van der Waals surface area (Å²) >= 11 is 0. The normalized spacial score (nSPS) is 21.6. The summed E-state index contributed by atoms with van der Waals surface area (Å²) in [5, 5.41) is 9.79. The van der Waals surface area contributed by atoms with Crippen LogP contribution in [0.15, 0.2) is 30.3 Å². The van der Waals surface area contributed by atoms with Gasteiger partial charge >= 0.3 is 0 Å². The van der Waals surface area contributed by atoms with Crippen molar-refractivity contribution in [3.63, 3.8) is 0 Å². The minimum atomic E-state index is -0.240. The first-order valence-corrected chi connectivity index (χ1v) is 7.42. The van der Waals surface area contributed by atoms with E-state index in [1.165, 1.54) is 6.42 Å².